The van der Waals surface area contributed by atoms with Gasteiger partial charge in [-0.2, -0.15) is 0 Å². The van der Waals surface area contributed by atoms with Crippen molar-refractivity contribution in [3.8, 4) is 11.5 Å². The lowest BCUT2D eigenvalue weighted by Gasteiger charge is -2.09. The SMILES string of the molecule is Cc1ccc(-c2cc(C(=O)OCC(=O)NC(=O)c3cccn3C)c3ccccc3n2)o1. The molecule has 2 amide bonds. The van der Waals surface area contributed by atoms with Crippen LogP contribution in [0.5, 0.6) is 0 Å². The molecule has 8 nitrogen and oxygen atoms in total. The van der Waals surface area contributed by atoms with Crippen LogP contribution in [0, 0.1) is 6.92 Å². The van der Waals surface area contributed by atoms with Gasteiger partial charge in [-0.3, -0.25) is 14.9 Å². The molecule has 156 valence electrons. The van der Waals surface area contributed by atoms with Crippen LogP contribution < -0.4 is 5.32 Å². The molecule has 31 heavy (non-hydrogen) atoms. The zero-order valence-electron chi connectivity index (χ0n) is 16.9. The molecule has 1 aromatic carbocycles. The van der Waals surface area contributed by atoms with Gasteiger partial charge in [0.1, 0.15) is 17.1 Å². The van der Waals surface area contributed by atoms with Crippen molar-refractivity contribution in [2.45, 2.75) is 6.92 Å². The number of hydrogen-bond acceptors (Lipinski definition) is 6. The van der Waals surface area contributed by atoms with E-state index in [0.717, 1.165) is 0 Å². The van der Waals surface area contributed by atoms with Crippen LogP contribution in [0.3, 0.4) is 0 Å². The van der Waals surface area contributed by atoms with E-state index in [-0.39, 0.29) is 5.56 Å². The van der Waals surface area contributed by atoms with E-state index in [1.807, 2.05) is 13.0 Å². The van der Waals surface area contributed by atoms with Crippen LogP contribution in [0.2, 0.25) is 0 Å². The molecule has 0 bridgehead atoms. The molecule has 0 fully saturated rings. The Morgan fingerprint density at radius 3 is 2.61 bits per heavy atom. The van der Waals surface area contributed by atoms with E-state index in [0.29, 0.717) is 33.8 Å². The first-order valence-electron chi connectivity index (χ1n) is 9.51. The number of rotatable bonds is 5. The molecular weight excluding hydrogens is 398 g/mol. The molecule has 4 rings (SSSR count). The summed E-state index contributed by atoms with van der Waals surface area (Å²) in [6, 6.07) is 15.5. The largest absolute Gasteiger partial charge is 0.460 e. The molecule has 0 unspecified atom stereocenters. The second-order valence-electron chi connectivity index (χ2n) is 6.94. The van der Waals surface area contributed by atoms with E-state index in [4.69, 9.17) is 9.15 Å². The van der Waals surface area contributed by atoms with Crippen LogP contribution in [-0.4, -0.2) is 33.9 Å². The van der Waals surface area contributed by atoms with Crippen LogP contribution in [0.4, 0.5) is 0 Å². The Labute approximate surface area is 177 Å². The van der Waals surface area contributed by atoms with Crippen molar-refractivity contribution in [1.82, 2.24) is 14.9 Å². The first-order chi connectivity index (χ1) is 14.9. The van der Waals surface area contributed by atoms with Gasteiger partial charge in [-0.15, -0.1) is 0 Å². The normalized spacial score (nSPS) is 10.8. The summed E-state index contributed by atoms with van der Waals surface area (Å²) in [5.41, 5.74) is 1.63. The third kappa shape index (κ3) is 4.23. The van der Waals surface area contributed by atoms with E-state index in [2.05, 4.69) is 10.3 Å². The summed E-state index contributed by atoms with van der Waals surface area (Å²) in [4.78, 5) is 41.5. The minimum absolute atomic E-state index is 0.246. The van der Waals surface area contributed by atoms with Crippen molar-refractivity contribution in [2.75, 3.05) is 6.61 Å². The molecule has 0 radical (unpaired) electrons. The molecule has 3 aromatic heterocycles. The number of furan rings is 1. The fourth-order valence-electron chi connectivity index (χ4n) is 3.18. The molecule has 0 saturated carbocycles. The monoisotopic (exact) mass is 417 g/mol. The summed E-state index contributed by atoms with van der Waals surface area (Å²) in [6.45, 7) is 1.22. The molecule has 0 atom stereocenters. The van der Waals surface area contributed by atoms with Crippen molar-refractivity contribution >= 4 is 28.7 Å². The average Bonchev–Trinajstić information content (AvgIpc) is 3.39. The maximum absolute atomic E-state index is 12.8. The highest BCUT2D eigenvalue weighted by Gasteiger charge is 2.19. The summed E-state index contributed by atoms with van der Waals surface area (Å²) in [5.74, 6) is -0.764. The van der Waals surface area contributed by atoms with E-state index in [1.54, 1.807) is 66.3 Å². The molecule has 0 aliphatic carbocycles. The first kappa shape index (κ1) is 20.1. The molecule has 4 aromatic rings. The summed E-state index contributed by atoms with van der Waals surface area (Å²) >= 11 is 0. The highest BCUT2D eigenvalue weighted by atomic mass is 16.5. The zero-order valence-corrected chi connectivity index (χ0v) is 16.9. The van der Waals surface area contributed by atoms with Gasteiger partial charge in [0.15, 0.2) is 12.4 Å². The number of amides is 2. The van der Waals surface area contributed by atoms with Gasteiger partial charge in [-0.25, -0.2) is 9.78 Å². The summed E-state index contributed by atoms with van der Waals surface area (Å²) in [7, 11) is 1.69. The number of hydrogen-bond donors (Lipinski definition) is 1. The molecule has 8 heteroatoms. The van der Waals surface area contributed by atoms with Crippen molar-refractivity contribution in [3.63, 3.8) is 0 Å². The van der Waals surface area contributed by atoms with Crippen LogP contribution in [-0.2, 0) is 16.6 Å². The van der Waals surface area contributed by atoms with Gasteiger partial charge in [0.25, 0.3) is 11.8 Å². The molecule has 3 heterocycles. The van der Waals surface area contributed by atoms with E-state index >= 15 is 0 Å². The lowest BCUT2D eigenvalue weighted by molar-refractivity contribution is -0.123. The maximum Gasteiger partial charge on any atom is 0.339 e. The summed E-state index contributed by atoms with van der Waals surface area (Å²) < 4.78 is 12.4. The second-order valence-corrected chi connectivity index (χ2v) is 6.94. The lowest BCUT2D eigenvalue weighted by Crippen LogP contribution is -2.35. The van der Waals surface area contributed by atoms with Crippen molar-refractivity contribution < 1.29 is 23.5 Å². The van der Waals surface area contributed by atoms with Crippen LogP contribution in [0.15, 0.2) is 65.2 Å². The van der Waals surface area contributed by atoms with Gasteiger partial charge >= 0.3 is 5.97 Å². The molecular formula is C23H19N3O5. The molecule has 0 aliphatic heterocycles. The third-order valence-corrected chi connectivity index (χ3v) is 4.69. The predicted octanol–water partition coefficient (Wildman–Crippen LogP) is 3.26. The van der Waals surface area contributed by atoms with Crippen molar-refractivity contribution in [2.24, 2.45) is 7.05 Å². The zero-order chi connectivity index (χ0) is 22.0. The summed E-state index contributed by atoms with van der Waals surface area (Å²) in [6.07, 6.45) is 1.69. The number of nitrogens with zero attached hydrogens (tertiary/aromatic N) is 2. The van der Waals surface area contributed by atoms with Gasteiger partial charge in [0.05, 0.1) is 11.1 Å². The standard InChI is InChI=1S/C23H19N3O5/c1-14-9-10-20(31-14)18-12-16(15-6-3-4-7-17(15)24-18)23(29)30-13-21(27)25-22(28)19-8-5-11-26(19)2/h3-12H,13H2,1-2H3,(H,25,27,28). The fourth-order valence-corrected chi connectivity index (χ4v) is 3.18. The number of imide groups is 1. The second kappa shape index (κ2) is 8.27. The van der Waals surface area contributed by atoms with Crippen LogP contribution in [0.1, 0.15) is 26.6 Å². The quantitative estimate of drug-likeness (QED) is 0.500. The average molecular weight is 417 g/mol. The highest BCUT2D eigenvalue weighted by molar-refractivity contribution is 6.07. The number of para-hydroxylation sites is 1. The Morgan fingerprint density at radius 1 is 1.10 bits per heavy atom. The van der Waals surface area contributed by atoms with Gasteiger partial charge < -0.3 is 13.7 Å². The van der Waals surface area contributed by atoms with E-state index < -0.39 is 24.4 Å². The molecule has 0 spiro atoms. The number of carbonyl (C=O) groups excluding carboxylic acids is 3. The number of fused-ring (bicyclic) bond motifs is 1. The summed E-state index contributed by atoms with van der Waals surface area (Å²) in [5, 5.41) is 2.79. The van der Waals surface area contributed by atoms with Gasteiger partial charge in [0.2, 0.25) is 0 Å². The lowest BCUT2D eigenvalue weighted by atomic mass is 10.1. The number of pyridine rings is 1. The highest BCUT2D eigenvalue weighted by Crippen LogP contribution is 2.26. The molecule has 0 aliphatic rings. The molecule has 0 saturated heterocycles. The van der Waals surface area contributed by atoms with E-state index in [1.165, 1.54) is 0 Å². The Kier molecular flexibility index (Phi) is 5.36. The van der Waals surface area contributed by atoms with Gasteiger partial charge in [-0.1, -0.05) is 18.2 Å². The number of carbonyl (C=O) groups is 3. The smallest absolute Gasteiger partial charge is 0.339 e. The Hall–Kier alpha value is -4.20. The number of nitrogens with one attached hydrogen (secondary N) is 1. The predicted molar refractivity (Wildman–Crippen MR) is 112 cm³/mol. The maximum atomic E-state index is 12.8. The van der Waals surface area contributed by atoms with E-state index in [9.17, 15) is 14.4 Å². The van der Waals surface area contributed by atoms with Crippen molar-refractivity contribution in [1.29, 1.82) is 0 Å². The molecule has 1 N–H and O–H groups in total. The minimum Gasteiger partial charge on any atom is -0.460 e. The topological polar surface area (TPSA) is 103 Å². The van der Waals surface area contributed by atoms with Gasteiger partial charge in [-0.05, 0) is 43.3 Å². The Bertz CT molecular complexity index is 1300. The first-order valence-corrected chi connectivity index (χ1v) is 9.51. The number of esters is 1. The number of benzene rings is 1. The van der Waals surface area contributed by atoms with Crippen LogP contribution >= 0.6 is 0 Å². The fraction of sp³-hybridized carbons (Fsp3) is 0.130. The van der Waals surface area contributed by atoms with Crippen molar-refractivity contribution in [3.05, 3.63) is 77.8 Å². The number of aryl methyl sites for hydroxylation is 2. The Balaban J connectivity index is 1.52. The Morgan fingerprint density at radius 2 is 1.90 bits per heavy atom. The number of aromatic nitrogens is 2. The minimum atomic E-state index is -0.722. The van der Waals surface area contributed by atoms with Gasteiger partial charge in [0, 0.05) is 18.6 Å². The van der Waals surface area contributed by atoms with Crippen LogP contribution in [0.25, 0.3) is 22.4 Å². The third-order valence-electron chi connectivity index (χ3n) is 4.69. The number of ether oxygens (including phenoxy) is 1.